The lowest BCUT2D eigenvalue weighted by Gasteiger charge is -2.14. The van der Waals surface area contributed by atoms with Gasteiger partial charge >= 0.3 is 0 Å². The molecule has 0 saturated carbocycles. The minimum absolute atomic E-state index is 0.200. The van der Waals surface area contributed by atoms with Crippen LogP contribution in [-0.2, 0) is 6.54 Å². The highest BCUT2D eigenvalue weighted by Gasteiger charge is 2.14. The summed E-state index contributed by atoms with van der Waals surface area (Å²) < 4.78 is 8.17. The molecule has 0 aliphatic rings. The zero-order chi connectivity index (χ0) is 15.4. The van der Waals surface area contributed by atoms with Crippen molar-refractivity contribution in [3.63, 3.8) is 0 Å². The second-order valence-electron chi connectivity index (χ2n) is 5.66. The molecule has 1 unspecified atom stereocenters. The molecule has 1 aromatic carbocycles. The summed E-state index contributed by atoms with van der Waals surface area (Å²) >= 11 is 0. The Morgan fingerprint density at radius 1 is 1.29 bits per heavy atom. The Hall–Kier alpha value is -1.77. The number of ether oxygens (including phenoxy) is 1. The number of hydrogen-bond donors (Lipinski definition) is 0. The summed E-state index contributed by atoms with van der Waals surface area (Å²) in [5.74, 6) is 0.847. The topological polar surface area (TPSA) is 31.2 Å². The number of carbonyl (C=O) groups excluding carboxylic acids is 1. The lowest BCUT2D eigenvalue weighted by atomic mass is 10.1. The van der Waals surface area contributed by atoms with Gasteiger partial charge in [0.25, 0.3) is 0 Å². The van der Waals surface area contributed by atoms with Gasteiger partial charge in [0.15, 0.2) is 6.29 Å². The quantitative estimate of drug-likeness (QED) is 0.689. The first-order chi connectivity index (χ1) is 10.1. The number of fused-ring (bicyclic) bond motifs is 1. The van der Waals surface area contributed by atoms with Gasteiger partial charge < -0.3 is 9.30 Å². The molecule has 0 fully saturated rings. The van der Waals surface area contributed by atoms with Gasteiger partial charge in [-0.25, -0.2) is 0 Å². The molecule has 0 radical (unpaired) electrons. The number of aldehydes is 1. The van der Waals surface area contributed by atoms with Crippen molar-refractivity contribution in [1.29, 1.82) is 0 Å². The fourth-order valence-electron chi connectivity index (χ4n) is 2.92. The Labute approximate surface area is 126 Å². The molecule has 0 bridgehead atoms. The van der Waals surface area contributed by atoms with Crippen LogP contribution in [0, 0.1) is 6.92 Å². The van der Waals surface area contributed by atoms with Gasteiger partial charge in [0, 0.05) is 28.7 Å². The van der Waals surface area contributed by atoms with Gasteiger partial charge in [-0.2, -0.15) is 0 Å². The minimum Gasteiger partial charge on any atom is -0.491 e. The summed E-state index contributed by atoms with van der Waals surface area (Å²) in [7, 11) is 0. The summed E-state index contributed by atoms with van der Waals surface area (Å²) in [6, 6.07) is 6.08. The normalized spacial score (nSPS) is 12.6. The average Bonchev–Trinajstić information content (AvgIpc) is 2.71. The molecule has 114 valence electrons. The van der Waals surface area contributed by atoms with Crippen LogP contribution in [0.25, 0.3) is 10.9 Å². The van der Waals surface area contributed by atoms with Gasteiger partial charge in [-0.05, 0) is 44.9 Å². The van der Waals surface area contributed by atoms with E-state index in [0.717, 1.165) is 60.0 Å². The summed E-state index contributed by atoms with van der Waals surface area (Å²) in [4.78, 5) is 11.4. The van der Waals surface area contributed by atoms with E-state index in [1.807, 2.05) is 19.1 Å². The van der Waals surface area contributed by atoms with Crippen molar-refractivity contribution in [2.24, 2.45) is 0 Å². The Morgan fingerprint density at radius 2 is 2.05 bits per heavy atom. The molecule has 3 nitrogen and oxygen atoms in total. The van der Waals surface area contributed by atoms with Crippen LogP contribution in [0.15, 0.2) is 18.2 Å². The highest BCUT2D eigenvalue weighted by atomic mass is 16.5. The number of aryl methyl sites for hydroxylation is 1. The van der Waals surface area contributed by atoms with Crippen molar-refractivity contribution >= 4 is 17.2 Å². The third-order valence-electron chi connectivity index (χ3n) is 3.94. The van der Waals surface area contributed by atoms with Crippen LogP contribution < -0.4 is 4.74 Å². The van der Waals surface area contributed by atoms with Crippen LogP contribution in [0.1, 0.15) is 56.1 Å². The van der Waals surface area contributed by atoms with Crippen LogP contribution in [0.2, 0.25) is 0 Å². The molecule has 0 amide bonds. The van der Waals surface area contributed by atoms with Gasteiger partial charge in [0.2, 0.25) is 0 Å². The van der Waals surface area contributed by atoms with E-state index in [2.05, 4.69) is 31.4 Å². The summed E-state index contributed by atoms with van der Waals surface area (Å²) in [5, 5.41) is 0.997. The molecule has 1 aromatic heterocycles. The highest BCUT2D eigenvalue weighted by molar-refractivity contribution is 6.00. The van der Waals surface area contributed by atoms with E-state index in [-0.39, 0.29) is 6.10 Å². The van der Waals surface area contributed by atoms with Crippen LogP contribution in [0.3, 0.4) is 0 Å². The molecule has 21 heavy (non-hydrogen) atoms. The Kier molecular flexibility index (Phi) is 5.05. The molecule has 1 atom stereocenters. The van der Waals surface area contributed by atoms with Crippen LogP contribution >= 0.6 is 0 Å². The van der Waals surface area contributed by atoms with Crippen LogP contribution in [0.5, 0.6) is 5.75 Å². The second-order valence-corrected chi connectivity index (χ2v) is 5.66. The fourth-order valence-corrected chi connectivity index (χ4v) is 2.92. The average molecular weight is 287 g/mol. The minimum atomic E-state index is 0.200. The molecule has 1 heterocycles. The lowest BCUT2D eigenvalue weighted by molar-refractivity contribution is 0.112. The van der Waals surface area contributed by atoms with E-state index in [4.69, 9.17) is 4.74 Å². The number of rotatable bonds is 7. The largest absolute Gasteiger partial charge is 0.491 e. The Balaban J connectivity index is 2.44. The molecule has 0 saturated heterocycles. The van der Waals surface area contributed by atoms with Gasteiger partial charge in [-0.1, -0.05) is 20.3 Å². The number of carbonyl (C=O) groups is 1. The van der Waals surface area contributed by atoms with Crippen LogP contribution in [-0.4, -0.2) is 17.0 Å². The zero-order valence-corrected chi connectivity index (χ0v) is 13.5. The number of hydrogen-bond acceptors (Lipinski definition) is 2. The zero-order valence-electron chi connectivity index (χ0n) is 13.5. The van der Waals surface area contributed by atoms with Crippen molar-refractivity contribution in [2.45, 2.75) is 59.6 Å². The predicted molar refractivity (Wildman–Crippen MR) is 87.4 cm³/mol. The van der Waals surface area contributed by atoms with Crippen molar-refractivity contribution < 1.29 is 9.53 Å². The SMILES string of the molecule is CCCC(C)Oc1ccc2c(c1)c(C=O)c(C)n2CCC. The van der Waals surface area contributed by atoms with Gasteiger partial charge in [-0.15, -0.1) is 0 Å². The van der Waals surface area contributed by atoms with Crippen molar-refractivity contribution in [3.8, 4) is 5.75 Å². The maximum Gasteiger partial charge on any atom is 0.152 e. The second kappa shape index (κ2) is 6.79. The number of aromatic nitrogens is 1. The molecule has 0 aliphatic heterocycles. The molecular formula is C18H25NO2. The summed E-state index contributed by atoms with van der Waals surface area (Å²) in [6.07, 6.45) is 4.35. The third-order valence-corrected chi connectivity index (χ3v) is 3.94. The van der Waals surface area contributed by atoms with Crippen molar-refractivity contribution in [2.75, 3.05) is 0 Å². The van der Waals surface area contributed by atoms with Gasteiger partial charge in [0.1, 0.15) is 5.75 Å². The molecule has 2 aromatic rings. The smallest absolute Gasteiger partial charge is 0.152 e. The molecule has 0 N–H and O–H groups in total. The highest BCUT2D eigenvalue weighted by Crippen LogP contribution is 2.29. The van der Waals surface area contributed by atoms with E-state index >= 15 is 0 Å². The molecule has 2 rings (SSSR count). The number of nitrogens with zero attached hydrogens (tertiary/aromatic N) is 1. The van der Waals surface area contributed by atoms with Crippen molar-refractivity contribution in [1.82, 2.24) is 4.57 Å². The monoisotopic (exact) mass is 287 g/mol. The molecule has 0 aliphatic carbocycles. The van der Waals surface area contributed by atoms with E-state index in [0.29, 0.717) is 0 Å². The number of benzene rings is 1. The van der Waals surface area contributed by atoms with Crippen LogP contribution in [0.4, 0.5) is 0 Å². The molecule has 0 spiro atoms. The van der Waals surface area contributed by atoms with E-state index in [1.165, 1.54) is 0 Å². The Bertz CT molecular complexity index is 628. The maximum absolute atomic E-state index is 11.4. The van der Waals surface area contributed by atoms with E-state index in [9.17, 15) is 4.79 Å². The standard InChI is InChI=1S/C18H25NO2/c1-5-7-13(3)21-15-8-9-18-16(11-15)17(12-20)14(4)19(18)10-6-2/h8-9,11-13H,5-7,10H2,1-4H3. The maximum atomic E-state index is 11.4. The summed E-state index contributed by atoms with van der Waals surface area (Å²) in [5.41, 5.74) is 2.94. The van der Waals surface area contributed by atoms with Gasteiger partial charge in [-0.3, -0.25) is 4.79 Å². The lowest BCUT2D eigenvalue weighted by Crippen LogP contribution is -2.10. The first-order valence-corrected chi connectivity index (χ1v) is 7.87. The first-order valence-electron chi connectivity index (χ1n) is 7.87. The third kappa shape index (κ3) is 3.12. The predicted octanol–water partition coefficient (Wildman–Crippen LogP) is 4.74. The fraction of sp³-hybridized carbons (Fsp3) is 0.500. The van der Waals surface area contributed by atoms with Crippen molar-refractivity contribution in [3.05, 3.63) is 29.5 Å². The van der Waals surface area contributed by atoms with E-state index in [1.54, 1.807) is 0 Å². The Morgan fingerprint density at radius 3 is 2.67 bits per heavy atom. The van der Waals surface area contributed by atoms with Gasteiger partial charge in [0.05, 0.1) is 6.10 Å². The first kappa shape index (κ1) is 15.6. The van der Waals surface area contributed by atoms with E-state index < -0.39 is 0 Å². The molecule has 3 heteroatoms. The molecular weight excluding hydrogens is 262 g/mol. The summed E-state index contributed by atoms with van der Waals surface area (Å²) in [6.45, 7) is 9.33.